The third kappa shape index (κ3) is 3.93. The van der Waals surface area contributed by atoms with Crippen LogP contribution in [0, 0.1) is 0 Å². The highest BCUT2D eigenvalue weighted by atomic mass is 32.2. The zero-order valence-electron chi connectivity index (χ0n) is 14.9. The zero-order chi connectivity index (χ0) is 17.8. The van der Waals surface area contributed by atoms with Crippen molar-refractivity contribution in [1.82, 2.24) is 4.90 Å². The third-order valence-corrected chi connectivity index (χ3v) is 5.65. The predicted molar refractivity (Wildman–Crippen MR) is 104 cm³/mol. The molecule has 2 aromatic carbocycles. The second-order valence-electron chi connectivity index (χ2n) is 6.37. The first-order valence-electron chi connectivity index (χ1n) is 8.52. The smallest absolute Gasteiger partial charge is 0.323 e. The first-order valence-corrected chi connectivity index (χ1v) is 9.57. The molecule has 1 saturated heterocycles. The van der Waals surface area contributed by atoms with Gasteiger partial charge in [0.05, 0.1) is 12.8 Å². The van der Waals surface area contributed by atoms with Gasteiger partial charge in [0, 0.05) is 12.3 Å². The number of ether oxygens (including phenoxy) is 1. The molecule has 4 nitrogen and oxygen atoms in total. The minimum atomic E-state index is -0.0903. The van der Waals surface area contributed by atoms with Crippen LogP contribution in [0.4, 0.5) is 10.5 Å². The summed E-state index contributed by atoms with van der Waals surface area (Å²) < 4.78 is 5.32. The van der Waals surface area contributed by atoms with Crippen LogP contribution >= 0.6 is 11.8 Å². The monoisotopic (exact) mass is 356 g/mol. The molecule has 0 saturated carbocycles. The maximum atomic E-state index is 12.8. The molecule has 1 atom stereocenters. The Kier molecular flexibility index (Phi) is 5.53. The molecule has 25 heavy (non-hydrogen) atoms. The number of thioether (sulfide) groups is 1. The summed E-state index contributed by atoms with van der Waals surface area (Å²) in [5.41, 5.74) is 3.18. The Labute approximate surface area is 153 Å². The highest BCUT2D eigenvalue weighted by Crippen LogP contribution is 2.39. The van der Waals surface area contributed by atoms with E-state index in [1.165, 1.54) is 11.1 Å². The number of hydrogen-bond acceptors (Lipinski definition) is 3. The number of amides is 2. The van der Waals surface area contributed by atoms with Gasteiger partial charge in [0.15, 0.2) is 0 Å². The van der Waals surface area contributed by atoms with E-state index in [1.54, 1.807) is 18.9 Å². The molecular weight excluding hydrogens is 332 g/mol. The summed E-state index contributed by atoms with van der Waals surface area (Å²) in [6.07, 6.45) is 0. The summed E-state index contributed by atoms with van der Waals surface area (Å²) >= 11 is 1.80. The molecule has 1 unspecified atom stereocenters. The van der Waals surface area contributed by atoms with Crippen LogP contribution in [-0.4, -0.2) is 30.3 Å². The number of carbonyl (C=O) groups is 1. The average Bonchev–Trinajstić information content (AvgIpc) is 3.12. The Morgan fingerprint density at radius 2 is 1.92 bits per heavy atom. The summed E-state index contributed by atoms with van der Waals surface area (Å²) in [4.78, 5) is 14.7. The van der Waals surface area contributed by atoms with Crippen molar-refractivity contribution in [2.75, 3.05) is 24.7 Å². The quantitative estimate of drug-likeness (QED) is 0.829. The lowest BCUT2D eigenvalue weighted by atomic mass is 10.0. The van der Waals surface area contributed by atoms with Gasteiger partial charge in [-0.05, 0) is 29.2 Å². The van der Waals surface area contributed by atoms with E-state index < -0.39 is 0 Å². The lowest BCUT2D eigenvalue weighted by molar-refractivity contribution is 0.214. The van der Waals surface area contributed by atoms with Gasteiger partial charge in [-0.15, -0.1) is 11.8 Å². The van der Waals surface area contributed by atoms with Crippen LogP contribution in [0.1, 0.15) is 36.3 Å². The maximum Gasteiger partial charge on any atom is 0.323 e. The molecule has 0 aromatic heterocycles. The molecule has 1 aliphatic heterocycles. The van der Waals surface area contributed by atoms with Gasteiger partial charge in [-0.1, -0.05) is 50.2 Å². The van der Waals surface area contributed by atoms with Crippen molar-refractivity contribution in [3.05, 3.63) is 59.7 Å². The van der Waals surface area contributed by atoms with Crippen LogP contribution in [0.15, 0.2) is 48.5 Å². The largest absolute Gasteiger partial charge is 0.495 e. The normalized spacial score (nSPS) is 17.0. The fourth-order valence-electron chi connectivity index (χ4n) is 2.93. The van der Waals surface area contributed by atoms with E-state index in [4.69, 9.17) is 4.74 Å². The number of rotatable bonds is 4. The van der Waals surface area contributed by atoms with Crippen LogP contribution in [0.5, 0.6) is 5.75 Å². The summed E-state index contributed by atoms with van der Waals surface area (Å²) in [5.74, 6) is 2.12. The van der Waals surface area contributed by atoms with Gasteiger partial charge in [0.1, 0.15) is 11.1 Å². The SMILES string of the molecule is COc1ccccc1NC(=O)N1CCSC1c1ccc(C(C)C)cc1. The fraction of sp³-hybridized carbons (Fsp3) is 0.350. The molecule has 0 radical (unpaired) electrons. The number of nitrogens with one attached hydrogen (secondary N) is 1. The van der Waals surface area contributed by atoms with E-state index in [-0.39, 0.29) is 11.4 Å². The van der Waals surface area contributed by atoms with Crippen molar-refractivity contribution >= 4 is 23.5 Å². The van der Waals surface area contributed by atoms with E-state index in [0.717, 1.165) is 12.3 Å². The Hall–Kier alpha value is -2.14. The Balaban J connectivity index is 1.75. The summed E-state index contributed by atoms with van der Waals surface area (Å²) in [6.45, 7) is 5.11. The van der Waals surface area contributed by atoms with Gasteiger partial charge in [-0.25, -0.2) is 4.79 Å². The molecule has 0 aliphatic carbocycles. The highest BCUT2D eigenvalue weighted by Gasteiger charge is 2.31. The number of para-hydroxylation sites is 2. The minimum absolute atomic E-state index is 0.0518. The zero-order valence-corrected chi connectivity index (χ0v) is 15.7. The van der Waals surface area contributed by atoms with Crippen LogP contribution in [0.2, 0.25) is 0 Å². The molecule has 2 amide bonds. The molecule has 1 heterocycles. The van der Waals surface area contributed by atoms with E-state index >= 15 is 0 Å². The lowest BCUT2D eigenvalue weighted by Crippen LogP contribution is -2.34. The van der Waals surface area contributed by atoms with Gasteiger partial charge >= 0.3 is 6.03 Å². The van der Waals surface area contributed by atoms with Gasteiger partial charge in [0.2, 0.25) is 0 Å². The second-order valence-corrected chi connectivity index (χ2v) is 7.56. The maximum absolute atomic E-state index is 12.8. The first kappa shape index (κ1) is 17.7. The standard InChI is InChI=1S/C20H24N2O2S/c1-14(2)15-8-10-16(11-9-15)19-22(12-13-25-19)20(23)21-17-6-4-5-7-18(17)24-3/h4-11,14,19H,12-13H2,1-3H3,(H,21,23). The molecule has 0 bridgehead atoms. The minimum Gasteiger partial charge on any atom is -0.495 e. The molecule has 1 fully saturated rings. The summed E-state index contributed by atoms with van der Waals surface area (Å²) in [5, 5.41) is 3.03. The predicted octanol–water partition coefficient (Wildman–Crippen LogP) is 5.10. The van der Waals surface area contributed by atoms with Gasteiger partial charge < -0.3 is 15.0 Å². The van der Waals surface area contributed by atoms with Crippen molar-refractivity contribution in [1.29, 1.82) is 0 Å². The van der Waals surface area contributed by atoms with E-state index in [9.17, 15) is 4.79 Å². The highest BCUT2D eigenvalue weighted by molar-refractivity contribution is 7.99. The number of methoxy groups -OCH3 is 1. The molecule has 1 N–H and O–H groups in total. The van der Waals surface area contributed by atoms with Gasteiger partial charge in [-0.3, -0.25) is 0 Å². The lowest BCUT2D eigenvalue weighted by Gasteiger charge is -2.25. The number of hydrogen-bond donors (Lipinski definition) is 1. The van der Waals surface area contributed by atoms with Crippen LogP contribution in [0.25, 0.3) is 0 Å². The van der Waals surface area contributed by atoms with Gasteiger partial charge in [0.25, 0.3) is 0 Å². The number of benzene rings is 2. The molecule has 3 rings (SSSR count). The number of anilines is 1. The van der Waals surface area contributed by atoms with Crippen LogP contribution < -0.4 is 10.1 Å². The molecule has 1 aliphatic rings. The Bertz CT molecular complexity index is 731. The van der Waals surface area contributed by atoms with Gasteiger partial charge in [-0.2, -0.15) is 0 Å². The van der Waals surface area contributed by atoms with Crippen molar-refractivity contribution in [2.45, 2.75) is 25.1 Å². The summed E-state index contributed by atoms with van der Waals surface area (Å²) in [7, 11) is 1.61. The average molecular weight is 356 g/mol. The summed E-state index contributed by atoms with van der Waals surface area (Å²) in [6, 6.07) is 16.0. The first-order chi connectivity index (χ1) is 12.1. The van der Waals surface area contributed by atoms with E-state index in [0.29, 0.717) is 17.4 Å². The number of carbonyl (C=O) groups excluding carboxylic acids is 1. The van der Waals surface area contributed by atoms with E-state index in [2.05, 4.69) is 43.4 Å². The van der Waals surface area contributed by atoms with Crippen LogP contribution in [-0.2, 0) is 0 Å². The molecular formula is C20H24N2O2S. The molecule has 0 spiro atoms. The third-order valence-electron chi connectivity index (χ3n) is 4.39. The van der Waals surface area contributed by atoms with Crippen molar-refractivity contribution in [2.24, 2.45) is 0 Å². The fourth-order valence-corrected chi connectivity index (χ4v) is 4.19. The second kappa shape index (κ2) is 7.83. The Morgan fingerprint density at radius 1 is 1.20 bits per heavy atom. The topological polar surface area (TPSA) is 41.6 Å². The van der Waals surface area contributed by atoms with E-state index in [1.807, 2.05) is 29.2 Å². The number of nitrogens with zero attached hydrogens (tertiary/aromatic N) is 1. The molecule has 2 aromatic rings. The van der Waals surface area contributed by atoms with Crippen molar-refractivity contribution in [3.8, 4) is 5.75 Å². The van der Waals surface area contributed by atoms with Crippen molar-refractivity contribution in [3.63, 3.8) is 0 Å². The molecule has 132 valence electrons. The van der Waals surface area contributed by atoms with Crippen LogP contribution in [0.3, 0.4) is 0 Å². The molecule has 5 heteroatoms. The van der Waals surface area contributed by atoms with Crippen molar-refractivity contribution < 1.29 is 9.53 Å². The number of urea groups is 1. The Morgan fingerprint density at radius 3 is 2.60 bits per heavy atom.